The first-order valence-electron chi connectivity index (χ1n) is 9.03. The van der Waals surface area contributed by atoms with Crippen molar-refractivity contribution in [3.8, 4) is 0 Å². The zero-order valence-electron chi connectivity index (χ0n) is 15.1. The second-order valence-electron chi connectivity index (χ2n) is 6.44. The topological polar surface area (TPSA) is 35.6 Å². The first kappa shape index (κ1) is 19.0. The van der Waals surface area contributed by atoms with Crippen LogP contribution in [0.25, 0.3) is 6.08 Å². The monoisotopic (exact) mass is 371 g/mol. The van der Waals surface area contributed by atoms with Gasteiger partial charge in [0.25, 0.3) is 0 Å². The van der Waals surface area contributed by atoms with Crippen LogP contribution in [-0.4, -0.2) is 55.0 Å². The minimum Gasteiger partial charge on any atom is -0.371 e. The Morgan fingerprint density at radius 2 is 1.63 bits per heavy atom. The number of benzene rings is 2. The standard InChI is InChI=1S/C21H23F2N3O/c22-18-9-4-10-19(23)21(18)24-16-20(27)26-14-12-25(13-15-26)11-5-8-17-6-2-1-3-7-17/h1-10,24H,11-16H2/b8-5+. The highest BCUT2D eigenvalue weighted by molar-refractivity contribution is 5.81. The Balaban J connectivity index is 1.42. The molecule has 1 amide bonds. The van der Waals surface area contributed by atoms with Crippen LogP contribution in [0.3, 0.4) is 0 Å². The van der Waals surface area contributed by atoms with Gasteiger partial charge in [-0.05, 0) is 17.7 Å². The molecule has 0 saturated carbocycles. The Kier molecular flexibility index (Phi) is 6.54. The molecule has 1 aliphatic heterocycles. The molecule has 0 aromatic heterocycles. The number of hydrogen-bond acceptors (Lipinski definition) is 3. The number of nitrogens with one attached hydrogen (secondary N) is 1. The van der Waals surface area contributed by atoms with Crippen molar-refractivity contribution in [2.24, 2.45) is 0 Å². The number of piperazine rings is 1. The van der Waals surface area contributed by atoms with E-state index in [0.29, 0.717) is 13.1 Å². The summed E-state index contributed by atoms with van der Waals surface area (Å²) in [4.78, 5) is 16.3. The Bertz CT molecular complexity index is 767. The van der Waals surface area contributed by atoms with Crippen molar-refractivity contribution in [3.05, 3.63) is 71.8 Å². The van der Waals surface area contributed by atoms with E-state index in [2.05, 4.69) is 34.5 Å². The van der Waals surface area contributed by atoms with Crippen molar-refractivity contribution in [2.45, 2.75) is 0 Å². The summed E-state index contributed by atoms with van der Waals surface area (Å²) >= 11 is 0. The molecule has 0 radical (unpaired) electrons. The van der Waals surface area contributed by atoms with Gasteiger partial charge in [0.15, 0.2) is 0 Å². The van der Waals surface area contributed by atoms with Gasteiger partial charge in [-0.25, -0.2) is 8.78 Å². The average molecular weight is 371 g/mol. The van der Waals surface area contributed by atoms with E-state index in [-0.39, 0.29) is 18.1 Å². The zero-order chi connectivity index (χ0) is 19.1. The minimum absolute atomic E-state index is 0.119. The summed E-state index contributed by atoms with van der Waals surface area (Å²) < 4.78 is 27.2. The van der Waals surface area contributed by atoms with Crippen LogP contribution in [0.15, 0.2) is 54.6 Å². The maximum absolute atomic E-state index is 13.6. The lowest BCUT2D eigenvalue weighted by Gasteiger charge is -2.34. The maximum Gasteiger partial charge on any atom is 0.241 e. The summed E-state index contributed by atoms with van der Waals surface area (Å²) in [7, 11) is 0. The van der Waals surface area contributed by atoms with E-state index in [1.807, 2.05) is 18.2 Å². The van der Waals surface area contributed by atoms with E-state index in [4.69, 9.17) is 0 Å². The van der Waals surface area contributed by atoms with Gasteiger partial charge in [-0.2, -0.15) is 0 Å². The third kappa shape index (κ3) is 5.37. The minimum atomic E-state index is -0.696. The molecular formula is C21H23F2N3O. The number of carbonyl (C=O) groups excluding carboxylic acids is 1. The van der Waals surface area contributed by atoms with E-state index < -0.39 is 11.6 Å². The fraction of sp³-hybridized carbons (Fsp3) is 0.286. The van der Waals surface area contributed by atoms with Gasteiger partial charge in [0, 0.05) is 32.7 Å². The number of rotatable bonds is 6. The van der Waals surface area contributed by atoms with Gasteiger partial charge in [-0.1, -0.05) is 48.6 Å². The predicted molar refractivity (Wildman–Crippen MR) is 103 cm³/mol. The molecule has 1 N–H and O–H groups in total. The first-order chi connectivity index (χ1) is 13.1. The fourth-order valence-corrected chi connectivity index (χ4v) is 3.02. The summed E-state index contributed by atoms with van der Waals surface area (Å²) in [5.41, 5.74) is 0.910. The molecule has 0 spiro atoms. The summed E-state index contributed by atoms with van der Waals surface area (Å²) in [5.74, 6) is -1.55. The highest BCUT2D eigenvalue weighted by atomic mass is 19.1. The number of halogens is 2. The molecule has 0 atom stereocenters. The normalized spacial score (nSPS) is 15.3. The SMILES string of the molecule is O=C(CNc1c(F)cccc1F)N1CCN(C/C=C/c2ccccc2)CC1. The van der Waals surface area contributed by atoms with Gasteiger partial charge in [-0.15, -0.1) is 0 Å². The Labute approximate surface area is 158 Å². The lowest BCUT2D eigenvalue weighted by molar-refractivity contribution is -0.130. The molecule has 0 unspecified atom stereocenters. The van der Waals surface area contributed by atoms with Crippen LogP contribution in [-0.2, 0) is 4.79 Å². The molecule has 1 heterocycles. The molecule has 2 aromatic rings. The predicted octanol–water partition coefficient (Wildman–Crippen LogP) is 3.23. The number of amides is 1. The van der Waals surface area contributed by atoms with E-state index in [0.717, 1.165) is 37.3 Å². The fourth-order valence-electron chi connectivity index (χ4n) is 3.02. The lowest BCUT2D eigenvalue weighted by atomic mass is 10.2. The van der Waals surface area contributed by atoms with Crippen LogP contribution in [0, 0.1) is 11.6 Å². The molecule has 1 fully saturated rings. The molecule has 27 heavy (non-hydrogen) atoms. The Hall–Kier alpha value is -2.73. The smallest absolute Gasteiger partial charge is 0.241 e. The number of anilines is 1. The second kappa shape index (κ2) is 9.28. The van der Waals surface area contributed by atoms with Crippen molar-refractivity contribution in [1.29, 1.82) is 0 Å². The van der Waals surface area contributed by atoms with Gasteiger partial charge in [0.1, 0.15) is 17.3 Å². The summed E-state index contributed by atoms with van der Waals surface area (Å²) in [6.45, 7) is 3.48. The molecule has 1 saturated heterocycles. The second-order valence-corrected chi connectivity index (χ2v) is 6.44. The Morgan fingerprint density at radius 3 is 2.30 bits per heavy atom. The number of hydrogen-bond donors (Lipinski definition) is 1. The first-order valence-corrected chi connectivity index (χ1v) is 9.03. The van der Waals surface area contributed by atoms with Crippen molar-refractivity contribution in [3.63, 3.8) is 0 Å². The number of para-hydroxylation sites is 1. The highest BCUT2D eigenvalue weighted by Gasteiger charge is 2.20. The molecule has 2 aromatic carbocycles. The third-order valence-corrected chi connectivity index (χ3v) is 4.58. The van der Waals surface area contributed by atoms with Crippen LogP contribution >= 0.6 is 0 Å². The van der Waals surface area contributed by atoms with E-state index in [1.54, 1.807) is 4.90 Å². The van der Waals surface area contributed by atoms with Crippen molar-refractivity contribution in [1.82, 2.24) is 9.80 Å². The number of carbonyl (C=O) groups is 1. The quantitative estimate of drug-likeness (QED) is 0.847. The van der Waals surface area contributed by atoms with E-state index >= 15 is 0 Å². The van der Waals surface area contributed by atoms with Crippen LogP contribution in [0.4, 0.5) is 14.5 Å². The summed E-state index contributed by atoms with van der Waals surface area (Å²) in [6, 6.07) is 13.7. The van der Waals surface area contributed by atoms with Gasteiger partial charge >= 0.3 is 0 Å². The summed E-state index contributed by atoms with van der Waals surface area (Å²) in [6.07, 6.45) is 4.21. The molecule has 4 nitrogen and oxygen atoms in total. The van der Waals surface area contributed by atoms with Crippen molar-refractivity contribution < 1.29 is 13.6 Å². The Morgan fingerprint density at radius 1 is 0.963 bits per heavy atom. The summed E-state index contributed by atoms with van der Waals surface area (Å²) in [5, 5.41) is 2.58. The van der Waals surface area contributed by atoms with Gasteiger partial charge in [-0.3, -0.25) is 9.69 Å². The molecule has 142 valence electrons. The van der Waals surface area contributed by atoms with Crippen LogP contribution in [0.2, 0.25) is 0 Å². The molecule has 1 aliphatic rings. The maximum atomic E-state index is 13.6. The molecule has 0 bridgehead atoms. The largest absolute Gasteiger partial charge is 0.371 e. The highest BCUT2D eigenvalue weighted by Crippen LogP contribution is 2.17. The van der Waals surface area contributed by atoms with Crippen LogP contribution in [0.1, 0.15) is 5.56 Å². The lowest BCUT2D eigenvalue weighted by Crippen LogP contribution is -2.50. The molecular weight excluding hydrogens is 348 g/mol. The van der Waals surface area contributed by atoms with E-state index in [9.17, 15) is 13.6 Å². The van der Waals surface area contributed by atoms with Gasteiger partial charge in [0.05, 0.1) is 6.54 Å². The van der Waals surface area contributed by atoms with Crippen molar-refractivity contribution in [2.75, 3.05) is 44.6 Å². The molecule has 6 heteroatoms. The zero-order valence-corrected chi connectivity index (χ0v) is 15.1. The third-order valence-electron chi connectivity index (χ3n) is 4.58. The molecule has 0 aliphatic carbocycles. The van der Waals surface area contributed by atoms with Gasteiger partial charge < -0.3 is 10.2 Å². The van der Waals surface area contributed by atoms with Crippen LogP contribution in [0.5, 0.6) is 0 Å². The van der Waals surface area contributed by atoms with Gasteiger partial charge in [0.2, 0.25) is 5.91 Å². The average Bonchev–Trinajstić information content (AvgIpc) is 2.69. The van der Waals surface area contributed by atoms with Crippen molar-refractivity contribution >= 4 is 17.7 Å². The van der Waals surface area contributed by atoms with Crippen LogP contribution < -0.4 is 5.32 Å². The molecule has 3 rings (SSSR count). The number of nitrogens with zero attached hydrogens (tertiary/aromatic N) is 2. The van der Waals surface area contributed by atoms with E-state index in [1.165, 1.54) is 6.07 Å².